The molecule has 0 amide bonds. The van der Waals surface area contributed by atoms with Gasteiger partial charge in [0.1, 0.15) is 12.4 Å². The molecule has 0 fully saturated rings. The molecule has 0 aliphatic heterocycles. The van der Waals surface area contributed by atoms with E-state index < -0.39 is 0 Å². The molecule has 0 aromatic heterocycles. The van der Waals surface area contributed by atoms with Gasteiger partial charge in [0, 0.05) is 24.3 Å². The highest BCUT2D eigenvalue weighted by atomic mass is 16.5. The summed E-state index contributed by atoms with van der Waals surface area (Å²) in [5, 5.41) is 3.50. The van der Waals surface area contributed by atoms with Gasteiger partial charge in [0.2, 0.25) is 0 Å². The fraction of sp³-hybridized carbons (Fsp3) is 0.625. The molecule has 0 aliphatic carbocycles. The second kappa shape index (κ2) is 7.51. The van der Waals surface area contributed by atoms with Gasteiger partial charge in [-0.3, -0.25) is 0 Å². The highest BCUT2D eigenvalue weighted by Crippen LogP contribution is 2.23. The molecule has 0 bridgehead atoms. The number of benzene rings is 1. The predicted molar refractivity (Wildman–Crippen MR) is 79.8 cm³/mol. The maximum atomic E-state index is 5.87. The largest absolute Gasteiger partial charge is 0.491 e. The first kappa shape index (κ1) is 16.0. The zero-order valence-corrected chi connectivity index (χ0v) is 12.9. The third-order valence-corrected chi connectivity index (χ3v) is 2.78. The Balaban J connectivity index is 2.66. The first-order chi connectivity index (χ1) is 8.94. The summed E-state index contributed by atoms with van der Waals surface area (Å²) in [5.41, 5.74) is 2.47. The summed E-state index contributed by atoms with van der Waals surface area (Å²) in [5.74, 6) is 0.985. The third kappa shape index (κ3) is 6.08. The summed E-state index contributed by atoms with van der Waals surface area (Å²) < 4.78 is 11.2. The molecule has 1 rings (SSSR count). The third-order valence-electron chi connectivity index (χ3n) is 2.78. The van der Waals surface area contributed by atoms with Crippen LogP contribution in [0.25, 0.3) is 0 Å². The quantitative estimate of drug-likeness (QED) is 0.767. The summed E-state index contributed by atoms with van der Waals surface area (Å²) in [6.07, 6.45) is 0. The lowest BCUT2D eigenvalue weighted by Crippen LogP contribution is -2.35. The SMILES string of the molecule is CCOCCOc1c(C)cccc1CNC(C)(C)C. The molecule has 0 heterocycles. The first-order valence-electron chi connectivity index (χ1n) is 6.98. The van der Waals surface area contributed by atoms with Crippen LogP contribution in [0, 0.1) is 6.92 Å². The normalized spacial score (nSPS) is 11.6. The van der Waals surface area contributed by atoms with Crippen molar-refractivity contribution in [2.24, 2.45) is 0 Å². The Labute approximate surface area is 117 Å². The van der Waals surface area contributed by atoms with Crippen molar-refractivity contribution in [3.63, 3.8) is 0 Å². The van der Waals surface area contributed by atoms with Gasteiger partial charge in [-0.2, -0.15) is 0 Å². The second-order valence-electron chi connectivity index (χ2n) is 5.71. The van der Waals surface area contributed by atoms with Gasteiger partial charge in [0.25, 0.3) is 0 Å². The number of hydrogen-bond acceptors (Lipinski definition) is 3. The van der Waals surface area contributed by atoms with Gasteiger partial charge in [-0.1, -0.05) is 18.2 Å². The number of nitrogens with one attached hydrogen (secondary N) is 1. The Kier molecular flexibility index (Phi) is 6.32. The summed E-state index contributed by atoms with van der Waals surface area (Å²) in [6, 6.07) is 6.27. The fourth-order valence-corrected chi connectivity index (χ4v) is 1.77. The van der Waals surface area contributed by atoms with Crippen LogP contribution in [0.2, 0.25) is 0 Å². The van der Waals surface area contributed by atoms with Crippen molar-refractivity contribution in [1.29, 1.82) is 0 Å². The van der Waals surface area contributed by atoms with Crippen LogP contribution in [-0.4, -0.2) is 25.4 Å². The lowest BCUT2D eigenvalue weighted by Gasteiger charge is -2.22. The van der Waals surface area contributed by atoms with Gasteiger partial charge in [-0.15, -0.1) is 0 Å². The maximum Gasteiger partial charge on any atom is 0.126 e. The Morgan fingerprint density at radius 1 is 1.16 bits per heavy atom. The van der Waals surface area contributed by atoms with Gasteiger partial charge in [0.15, 0.2) is 0 Å². The average molecular weight is 265 g/mol. The first-order valence-corrected chi connectivity index (χ1v) is 6.98. The van der Waals surface area contributed by atoms with Crippen LogP contribution in [0.15, 0.2) is 18.2 Å². The Bertz CT molecular complexity index is 383. The van der Waals surface area contributed by atoms with Crippen molar-refractivity contribution in [1.82, 2.24) is 5.32 Å². The minimum Gasteiger partial charge on any atom is -0.491 e. The zero-order valence-electron chi connectivity index (χ0n) is 12.9. The Morgan fingerprint density at radius 3 is 2.53 bits per heavy atom. The molecular weight excluding hydrogens is 238 g/mol. The van der Waals surface area contributed by atoms with E-state index >= 15 is 0 Å². The van der Waals surface area contributed by atoms with Crippen molar-refractivity contribution in [3.8, 4) is 5.75 Å². The maximum absolute atomic E-state index is 5.87. The number of hydrogen-bond donors (Lipinski definition) is 1. The molecule has 0 atom stereocenters. The van der Waals surface area contributed by atoms with E-state index in [2.05, 4.69) is 51.2 Å². The zero-order chi connectivity index (χ0) is 14.3. The molecule has 0 radical (unpaired) electrons. The molecule has 0 saturated heterocycles. The van der Waals surface area contributed by atoms with E-state index in [-0.39, 0.29) is 5.54 Å². The molecule has 1 aromatic rings. The molecule has 19 heavy (non-hydrogen) atoms. The summed E-state index contributed by atoms with van der Waals surface area (Å²) in [4.78, 5) is 0. The van der Waals surface area contributed by atoms with Crippen LogP contribution in [0.1, 0.15) is 38.8 Å². The summed E-state index contributed by atoms with van der Waals surface area (Å²) >= 11 is 0. The highest BCUT2D eigenvalue weighted by Gasteiger charge is 2.12. The van der Waals surface area contributed by atoms with E-state index in [0.29, 0.717) is 13.2 Å². The molecule has 3 nitrogen and oxygen atoms in total. The lowest BCUT2D eigenvalue weighted by atomic mass is 10.1. The predicted octanol–water partition coefficient (Wildman–Crippen LogP) is 3.30. The van der Waals surface area contributed by atoms with Crippen molar-refractivity contribution in [2.45, 2.75) is 46.7 Å². The van der Waals surface area contributed by atoms with Gasteiger partial charge >= 0.3 is 0 Å². The molecule has 0 aliphatic rings. The van der Waals surface area contributed by atoms with Crippen LogP contribution in [-0.2, 0) is 11.3 Å². The molecule has 108 valence electrons. The van der Waals surface area contributed by atoms with Crippen LogP contribution in [0.5, 0.6) is 5.75 Å². The van der Waals surface area contributed by atoms with Crippen LogP contribution in [0.4, 0.5) is 0 Å². The number of para-hydroxylation sites is 1. The molecular formula is C16H27NO2. The van der Waals surface area contributed by atoms with Crippen LogP contribution < -0.4 is 10.1 Å². The van der Waals surface area contributed by atoms with E-state index in [0.717, 1.165) is 18.9 Å². The molecule has 0 unspecified atom stereocenters. The Hall–Kier alpha value is -1.06. The van der Waals surface area contributed by atoms with Crippen molar-refractivity contribution < 1.29 is 9.47 Å². The minimum absolute atomic E-state index is 0.104. The summed E-state index contributed by atoms with van der Waals surface area (Å²) in [7, 11) is 0. The molecule has 1 aromatic carbocycles. The van der Waals surface area contributed by atoms with E-state index in [1.54, 1.807) is 0 Å². The molecule has 0 spiro atoms. The standard InChI is InChI=1S/C16H27NO2/c1-6-18-10-11-19-15-13(2)8-7-9-14(15)12-17-16(3,4)5/h7-9,17H,6,10-12H2,1-5H3. The molecule has 3 heteroatoms. The molecule has 0 saturated carbocycles. The molecule has 1 N–H and O–H groups in total. The van der Waals surface area contributed by atoms with Gasteiger partial charge in [0.05, 0.1) is 6.61 Å². The smallest absolute Gasteiger partial charge is 0.126 e. The number of aryl methyl sites for hydroxylation is 1. The summed E-state index contributed by atoms with van der Waals surface area (Å²) in [6.45, 7) is 13.3. The number of rotatable bonds is 7. The van der Waals surface area contributed by atoms with Gasteiger partial charge < -0.3 is 14.8 Å². The van der Waals surface area contributed by atoms with Gasteiger partial charge in [-0.25, -0.2) is 0 Å². The highest BCUT2D eigenvalue weighted by molar-refractivity contribution is 5.40. The second-order valence-corrected chi connectivity index (χ2v) is 5.71. The topological polar surface area (TPSA) is 30.5 Å². The number of ether oxygens (including phenoxy) is 2. The van der Waals surface area contributed by atoms with E-state index in [4.69, 9.17) is 9.47 Å². The minimum atomic E-state index is 0.104. The van der Waals surface area contributed by atoms with Crippen molar-refractivity contribution >= 4 is 0 Å². The van der Waals surface area contributed by atoms with Gasteiger partial charge in [-0.05, 0) is 40.2 Å². The Morgan fingerprint density at radius 2 is 1.89 bits per heavy atom. The van der Waals surface area contributed by atoms with Crippen LogP contribution in [0.3, 0.4) is 0 Å². The fourth-order valence-electron chi connectivity index (χ4n) is 1.77. The van der Waals surface area contributed by atoms with Crippen LogP contribution >= 0.6 is 0 Å². The average Bonchev–Trinajstić information content (AvgIpc) is 2.33. The van der Waals surface area contributed by atoms with Crippen molar-refractivity contribution in [3.05, 3.63) is 29.3 Å². The monoisotopic (exact) mass is 265 g/mol. The lowest BCUT2D eigenvalue weighted by molar-refractivity contribution is 0.109. The van der Waals surface area contributed by atoms with E-state index in [9.17, 15) is 0 Å². The van der Waals surface area contributed by atoms with E-state index in [1.807, 2.05) is 6.92 Å². The van der Waals surface area contributed by atoms with Crippen molar-refractivity contribution in [2.75, 3.05) is 19.8 Å². The van der Waals surface area contributed by atoms with E-state index in [1.165, 1.54) is 11.1 Å².